The summed E-state index contributed by atoms with van der Waals surface area (Å²) in [6.45, 7) is 4.67. The van der Waals surface area contributed by atoms with Crippen molar-refractivity contribution in [1.29, 1.82) is 0 Å². The van der Waals surface area contributed by atoms with Crippen LogP contribution in [0.2, 0.25) is 0 Å². The molecule has 3 nitrogen and oxygen atoms in total. The topological polar surface area (TPSA) is 29.5 Å². The lowest BCUT2D eigenvalue weighted by Crippen LogP contribution is -2.30. The highest BCUT2D eigenvalue weighted by Crippen LogP contribution is 2.28. The minimum atomic E-state index is 0.153. The number of Topliss-reactive ketones (excluding diaryl/α,β-unsaturated/α-hetero) is 1. The Bertz CT molecular complexity index is 442. The third kappa shape index (κ3) is 3.57. The first kappa shape index (κ1) is 14.1. The van der Waals surface area contributed by atoms with Crippen molar-refractivity contribution in [2.45, 2.75) is 32.6 Å². The Morgan fingerprint density at radius 2 is 2.21 bits per heavy atom. The van der Waals surface area contributed by atoms with Gasteiger partial charge in [0.2, 0.25) is 0 Å². The Hall–Kier alpha value is -1.35. The lowest BCUT2D eigenvalue weighted by atomic mass is 9.98. The van der Waals surface area contributed by atoms with Crippen molar-refractivity contribution in [1.82, 2.24) is 0 Å². The molecule has 0 atom stereocenters. The van der Waals surface area contributed by atoms with Crippen LogP contribution in [-0.4, -0.2) is 32.6 Å². The molecule has 1 heterocycles. The molecule has 0 saturated carbocycles. The van der Waals surface area contributed by atoms with E-state index in [0.29, 0.717) is 0 Å². The fourth-order valence-electron chi connectivity index (χ4n) is 2.68. The van der Waals surface area contributed by atoms with E-state index in [1.807, 2.05) is 6.07 Å². The van der Waals surface area contributed by atoms with E-state index in [4.69, 9.17) is 4.74 Å². The first-order valence-corrected chi connectivity index (χ1v) is 7.10. The normalized spacial score (nSPS) is 14.3. The minimum Gasteiger partial charge on any atom is -0.385 e. The number of rotatable bonds is 6. The van der Waals surface area contributed by atoms with Gasteiger partial charge in [0.25, 0.3) is 0 Å². The average molecular weight is 261 g/mol. The maximum absolute atomic E-state index is 11.4. The van der Waals surface area contributed by atoms with Crippen LogP contribution in [0.1, 0.15) is 42.1 Å². The van der Waals surface area contributed by atoms with Gasteiger partial charge in [0.05, 0.1) is 0 Å². The highest BCUT2D eigenvalue weighted by Gasteiger charge is 2.17. The fraction of sp³-hybridized carbons (Fsp3) is 0.562. The van der Waals surface area contributed by atoms with E-state index in [1.54, 1.807) is 14.0 Å². The lowest BCUT2D eigenvalue weighted by Gasteiger charge is -2.31. The Kier molecular flexibility index (Phi) is 4.97. The number of ketones is 1. The largest absolute Gasteiger partial charge is 0.385 e. The SMILES string of the molecule is COCCCCN1CCCc2cc(C(C)=O)ccc21. The molecule has 0 aromatic heterocycles. The van der Waals surface area contributed by atoms with Crippen LogP contribution in [0.15, 0.2) is 18.2 Å². The summed E-state index contributed by atoms with van der Waals surface area (Å²) in [6.07, 6.45) is 4.53. The summed E-state index contributed by atoms with van der Waals surface area (Å²) in [4.78, 5) is 13.9. The number of hydrogen-bond acceptors (Lipinski definition) is 3. The summed E-state index contributed by atoms with van der Waals surface area (Å²) in [5.41, 5.74) is 3.47. The first-order chi connectivity index (χ1) is 9.22. The van der Waals surface area contributed by atoms with Gasteiger partial charge in [0.1, 0.15) is 0 Å². The minimum absolute atomic E-state index is 0.153. The van der Waals surface area contributed by atoms with Crippen molar-refractivity contribution >= 4 is 11.5 Å². The highest BCUT2D eigenvalue weighted by atomic mass is 16.5. The fourth-order valence-corrected chi connectivity index (χ4v) is 2.68. The van der Waals surface area contributed by atoms with Crippen LogP contribution in [0.3, 0.4) is 0 Å². The van der Waals surface area contributed by atoms with Gasteiger partial charge in [-0.05, 0) is 56.4 Å². The molecule has 0 N–H and O–H groups in total. The number of carbonyl (C=O) groups excluding carboxylic acids is 1. The van der Waals surface area contributed by atoms with E-state index in [1.165, 1.54) is 17.7 Å². The van der Waals surface area contributed by atoms with Crippen molar-refractivity contribution in [3.8, 4) is 0 Å². The molecule has 1 aromatic rings. The molecule has 0 unspecified atom stereocenters. The molecule has 0 fully saturated rings. The molecule has 1 aromatic carbocycles. The number of aryl methyl sites for hydroxylation is 1. The first-order valence-electron chi connectivity index (χ1n) is 7.10. The second-order valence-electron chi connectivity index (χ2n) is 5.19. The number of unbranched alkanes of at least 4 members (excludes halogenated alkanes) is 1. The average Bonchev–Trinajstić information content (AvgIpc) is 2.43. The van der Waals surface area contributed by atoms with Gasteiger partial charge in [-0.1, -0.05) is 0 Å². The Morgan fingerprint density at radius 3 is 2.95 bits per heavy atom. The molecule has 0 saturated heterocycles. The molecule has 0 aliphatic carbocycles. The van der Waals surface area contributed by atoms with Gasteiger partial charge in [0, 0.05) is 38.1 Å². The summed E-state index contributed by atoms with van der Waals surface area (Å²) >= 11 is 0. The molecule has 1 aliphatic heterocycles. The molecular weight excluding hydrogens is 238 g/mol. The Balaban J connectivity index is 2.04. The van der Waals surface area contributed by atoms with Crippen molar-refractivity contribution in [3.63, 3.8) is 0 Å². The zero-order chi connectivity index (χ0) is 13.7. The van der Waals surface area contributed by atoms with Crippen LogP contribution >= 0.6 is 0 Å². The number of carbonyl (C=O) groups is 1. The maximum Gasteiger partial charge on any atom is 0.159 e. The summed E-state index contributed by atoms with van der Waals surface area (Å²) in [6, 6.07) is 6.13. The zero-order valence-corrected chi connectivity index (χ0v) is 11.9. The number of fused-ring (bicyclic) bond motifs is 1. The number of methoxy groups -OCH3 is 1. The predicted molar refractivity (Wildman–Crippen MR) is 78.1 cm³/mol. The zero-order valence-electron chi connectivity index (χ0n) is 11.9. The molecule has 0 radical (unpaired) electrons. The molecule has 0 amide bonds. The summed E-state index contributed by atoms with van der Waals surface area (Å²) in [5, 5.41) is 0. The number of hydrogen-bond donors (Lipinski definition) is 0. The van der Waals surface area contributed by atoms with Crippen LogP contribution in [0.5, 0.6) is 0 Å². The Labute approximate surface area is 115 Å². The van der Waals surface area contributed by atoms with Crippen molar-refractivity contribution in [3.05, 3.63) is 29.3 Å². The third-order valence-electron chi connectivity index (χ3n) is 3.73. The molecule has 2 rings (SSSR count). The Morgan fingerprint density at radius 1 is 1.37 bits per heavy atom. The van der Waals surface area contributed by atoms with Crippen molar-refractivity contribution in [2.75, 3.05) is 31.7 Å². The number of nitrogens with zero attached hydrogens (tertiary/aromatic N) is 1. The van der Waals surface area contributed by atoms with Gasteiger partial charge >= 0.3 is 0 Å². The summed E-state index contributed by atoms with van der Waals surface area (Å²) < 4.78 is 5.09. The quantitative estimate of drug-likeness (QED) is 0.582. The van der Waals surface area contributed by atoms with E-state index in [0.717, 1.165) is 44.5 Å². The lowest BCUT2D eigenvalue weighted by molar-refractivity contribution is 0.101. The van der Waals surface area contributed by atoms with Gasteiger partial charge in [-0.3, -0.25) is 4.79 Å². The molecule has 3 heteroatoms. The number of anilines is 1. The molecule has 104 valence electrons. The molecular formula is C16H23NO2. The van der Waals surface area contributed by atoms with E-state index in [-0.39, 0.29) is 5.78 Å². The van der Waals surface area contributed by atoms with Gasteiger partial charge in [0.15, 0.2) is 5.78 Å². The van der Waals surface area contributed by atoms with Gasteiger partial charge < -0.3 is 9.64 Å². The second-order valence-corrected chi connectivity index (χ2v) is 5.19. The van der Waals surface area contributed by atoms with Crippen LogP contribution in [0, 0.1) is 0 Å². The van der Waals surface area contributed by atoms with Gasteiger partial charge in [-0.15, -0.1) is 0 Å². The standard InChI is InChI=1S/C16H23NO2/c1-13(18)14-7-8-16-15(12-14)6-5-10-17(16)9-3-4-11-19-2/h7-8,12H,3-6,9-11H2,1-2H3. The number of benzene rings is 1. The van der Waals surface area contributed by atoms with E-state index in [9.17, 15) is 4.79 Å². The summed E-state index contributed by atoms with van der Waals surface area (Å²) in [7, 11) is 1.75. The van der Waals surface area contributed by atoms with Crippen LogP contribution in [0.25, 0.3) is 0 Å². The predicted octanol–water partition coefficient (Wildman–Crippen LogP) is 3.07. The van der Waals surface area contributed by atoms with Crippen molar-refractivity contribution < 1.29 is 9.53 Å². The molecule has 0 spiro atoms. The van der Waals surface area contributed by atoms with E-state index in [2.05, 4.69) is 17.0 Å². The smallest absolute Gasteiger partial charge is 0.159 e. The van der Waals surface area contributed by atoms with Gasteiger partial charge in [-0.2, -0.15) is 0 Å². The molecule has 19 heavy (non-hydrogen) atoms. The highest BCUT2D eigenvalue weighted by molar-refractivity contribution is 5.94. The maximum atomic E-state index is 11.4. The molecule has 0 bridgehead atoms. The molecule has 1 aliphatic rings. The second kappa shape index (κ2) is 6.71. The van der Waals surface area contributed by atoms with Crippen LogP contribution in [0.4, 0.5) is 5.69 Å². The van der Waals surface area contributed by atoms with Crippen molar-refractivity contribution in [2.24, 2.45) is 0 Å². The monoisotopic (exact) mass is 261 g/mol. The van der Waals surface area contributed by atoms with E-state index >= 15 is 0 Å². The number of ether oxygens (including phenoxy) is 1. The van der Waals surface area contributed by atoms with E-state index < -0.39 is 0 Å². The van der Waals surface area contributed by atoms with Crippen LogP contribution < -0.4 is 4.90 Å². The van der Waals surface area contributed by atoms with Crippen LogP contribution in [-0.2, 0) is 11.2 Å². The third-order valence-corrected chi connectivity index (χ3v) is 3.73. The van der Waals surface area contributed by atoms with Gasteiger partial charge in [-0.25, -0.2) is 0 Å². The summed E-state index contributed by atoms with van der Waals surface area (Å²) in [5.74, 6) is 0.153.